The molecule has 1 aromatic carbocycles. The lowest BCUT2D eigenvalue weighted by atomic mass is 10.1. The summed E-state index contributed by atoms with van der Waals surface area (Å²) in [6, 6.07) is 7.96. The summed E-state index contributed by atoms with van der Waals surface area (Å²) in [6.45, 7) is 0. The van der Waals surface area contributed by atoms with Crippen LogP contribution in [0.25, 0.3) is 17.4 Å². The molecule has 1 aliphatic heterocycles. The molecule has 0 atom stereocenters. The fourth-order valence-electron chi connectivity index (χ4n) is 2.08. The van der Waals surface area contributed by atoms with Crippen molar-refractivity contribution in [3.63, 3.8) is 0 Å². The molecule has 4 amide bonds. The lowest BCUT2D eigenvalue weighted by molar-refractivity contribution is -0.384. The second-order valence-electron chi connectivity index (χ2n) is 4.80. The summed E-state index contributed by atoms with van der Waals surface area (Å²) in [5, 5.41) is 14.5. The number of nitrogens with one attached hydrogen (secondary N) is 2. The molecule has 3 rings (SSSR count). The van der Waals surface area contributed by atoms with Crippen LogP contribution in [0.15, 0.2) is 46.4 Å². The van der Waals surface area contributed by atoms with Gasteiger partial charge in [0.15, 0.2) is 0 Å². The number of nitro groups is 1. The molecule has 1 aromatic heterocycles. The number of amides is 4. The summed E-state index contributed by atoms with van der Waals surface area (Å²) in [6.07, 6.45) is 1.20. The number of hydrogen-bond acceptors (Lipinski definition) is 6. The van der Waals surface area contributed by atoms with Gasteiger partial charge in [0.25, 0.3) is 17.5 Å². The standard InChI is InChI=1S/C15H9N3O6/c19-13-11(14(20)17-15(21)16-13)7-10-5-6-12(24-10)8-1-3-9(4-2-8)18(22)23/h1-7H,(H2,16,17,19,20,21). The van der Waals surface area contributed by atoms with E-state index in [9.17, 15) is 24.5 Å². The highest BCUT2D eigenvalue weighted by molar-refractivity contribution is 6.31. The highest BCUT2D eigenvalue weighted by atomic mass is 16.6. The minimum Gasteiger partial charge on any atom is -0.457 e. The van der Waals surface area contributed by atoms with E-state index in [-0.39, 0.29) is 17.0 Å². The van der Waals surface area contributed by atoms with Crippen molar-refractivity contribution in [2.24, 2.45) is 0 Å². The zero-order chi connectivity index (χ0) is 17.3. The lowest BCUT2D eigenvalue weighted by Gasteiger charge is -2.13. The van der Waals surface area contributed by atoms with E-state index < -0.39 is 22.8 Å². The Bertz CT molecular complexity index is 872. The van der Waals surface area contributed by atoms with Crippen molar-refractivity contribution in [2.75, 3.05) is 0 Å². The van der Waals surface area contributed by atoms with Crippen LogP contribution in [0, 0.1) is 10.1 Å². The van der Waals surface area contributed by atoms with Gasteiger partial charge >= 0.3 is 6.03 Å². The van der Waals surface area contributed by atoms with Gasteiger partial charge in [0.2, 0.25) is 0 Å². The number of carbonyl (C=O) groups is 3. The van der Waals surface area contributed by atoms with Gasteiger partial charge in [-0.3, -0.25) is 30.3 Å². The van der Waals surface area contributed by atoms with E-state index in [0.717, 1.165) is 0 Å². The van der Waals surface area contributed by atoms with Crippen molar-refractivity contribution < 1.29 is 23.7 Å². The van der Waals surface area contributed by atoms with Crippen LogP contribution in [0.3, 0.4) is 0 Å². The Labute approximate surface area is 134 Å². The van der Waals surface area contributed by atoms with Gasteiger partial charge in [0, 0.05) is 17.7 Å². The monoisotopic (exact) mass is 327 g/mol. The first-order valence-corrected chi connectivity index (χ1v) is 6.67. The smallest absolute Gasteiger partial charge is 0.328 e. The Balaban J connectivity index is 1.86. The normalized spacial score (nSPS) is 14.2. The highest BCUT2D eigenvalue weighted by Gasteiger charge is 2.28. The Morgan fingerprint density at radius 1 is 0.958 bits per heavy atom. The van der Waals surface area contributed by atoms with Gasteiger partial charge < -0.3 is 4.42 Å². The molecule has 24 heavy (non-hydrogen) atoms. The van der Waals surface area contributed by atoms with Crippen LogP contribution >= 0.6 is 0 Å². The lowest BCUT2D eigenvalue weighted by Crippen LogP contribution is -2.51. The minimum absolute atomic E-state index is 0.0483. The van der Waals surface area contributed by atoms with Crippen molar-refractivity contribution in [1.82, 2.24) is 10.6 Å². The Morgan fingerprint density at radius 2 is 1.58 bits per heavy atom. The van der Waals surface area contributed by atoms with E-state index in [0.29, 0.717) is 11.3 Å². The quantitative estimate of drug-likeness (QED) is 0.381. The van der Waals surface area contributed by atoms with Crippen molar-refractivity contribution in [2.45, 2.75) is 0 Å². The Morgan fingerprint density at radius 3 is 2.17 bits per heavy atom. The fraction of sp³-hybridized carbons (Fsp3) is 0. The van der Waals surface area contributed by atoms with Crippen LogP contribution in [0.2, 0.25) is 0 Å². The van der Waals surface area contributed by atoms with Gasteiger partial charge in [-0.05, 0) is 30.3 Å². The van der Waals surface area contributed by atoms with Crippen LogP contribution in [-0.2, 0) is 9.59 Å². The van der Waals surface area contributed by atoms with Crippen LogP contribution < -0.4 is 10.6 Å². The number of nitrogens with zero attached hydrogens (tertiary/aromatic N) is 1. The molecule has 1 fully saturated rings. The van der Waals surface area contributed by atoms with Crippen molar-refractivity contribution in [3.8, 4) is 11.3 Å². The molecule has 1 aliphatic rings. The van der Waals surface area contributed by atoms with Crippen LogP contribution in [0.4, 0.5) is 10.5 Å². The van der Waals surface area contributed by atoms with Crippen LogP contribution in [0.1, 0.15) is 5.76 Å². The molecule has 2 heterocycles. The zero-order valence-corrected chi connectivity index (χ0v) is 11.9. The van der Waals surface area contributed by atoms with E-state index in [1.165, 1.54) is 36.4 Å². The average Bonchev–Trinajstić information content (AvgIpc) is 2.99. The second kappa shape index (κ2) is 5.80. The van der Waals surface area contributed by atoms with E-state index in [1.807, 2.05) is 10.6 Å². The number of hydrogen-bond donors (Lipinski definition) is 2. The largest absolute Gasteiger partial charge is 0.457 e. The molecule has 9 heteroatoms. The first-order chi connectivity index (χ1) is 11.4. The molecule has 0 radical (unpaired) electrons. The van der Waals surface area contributed by atoms with E-state index >= 15 is 0 Å². The number of benzene rings is 1. The Kier molecular flexibility index (Phi) is 3.66. The summed E-state index contributed by atoms with van der Waals surface area (Å²) < 4.78 is 5.51. The number of carbonyl (C=O) groups excluding carboxylic acids is 3. The molecule has 0 saturated carbocycles. The predicted octanol–water partition coefficient (Wildman–Crippen LogP) is 1.60. The fourth-order valence-corrected chi connectivity index (χ4v) is 2.08. The third kappa shape index (κ3) is 2.90. The van der Waals surface area contributed by atoms with Crippen LogP contribution in [0.5, 0.6) is 0 Å². The maximum absolute atomic E-state index is 11.6. The van der Waals surface area contributed by atoms with Crippen molar-refractivity contribution in [3.05, 3.63) is 57.8 Å². The van der Waals surface area contributed by atoms with E-state index in [4.69, 9.17) is 4.42 Å². The van der Waals surface area contributed by atoms with Crippen molar-refractivity contribution in [1.29, 1.82) is 0 Å². The van der Waals surface area contributed by atoms with E-state index in [1.54, 1.807) is 6.07 Å². The van der Waals surface area contributed by atoms with Gasteiger partial charge in [0.05, 0.1) is 4.92 Å². The van der Waals surface area contributed by atoms with Gasteiger partial charge in [0.1, 0.15) is 17.1 Å². The number of nitro benzene ring substituents is 1. The molecular formula is C15H9N3O6. The molecule has 2 N–H and O–H groups in total. The molecular weight excluding hydrogens is 318 g/mol. The number of furan rings is 1. The highest BCUT2D eigenvalue weighted by Crippen LogP contribution is 2.25. The minimum atomic E-state index is -0.881. The number of rotatable bonds is 3. The molecule has 0 spiro atoms. The number of imide groups is 2. The topological polar surface area (TPSA) is 132 Å². The molecule has 120 valence electrons. The zero-order valence-electron chi connectivity index (χ0n) is 11.9. The molecule has 0 unspecified atom stereocenters. The number of non-ortho nitro benzene ring substituents is 1. The number of urea groups is 1. The second-order valence-corrected chi connectivity index (χ2v) is 4.80. The molecule has 1 saturated heterocycles. The van der Waals surface area contributed by atoms with Gasteiger partial charge in [-0.15, -0.1) is 0 Å². The maximum atomic E-state index is 11.6. The Hall–Kier alpha value is -3.75. The first kappa shape index (κ1) is 15.2. The summed E-state index contributed by atoms with van der Waals surface area (Å²) >= 11 is 0. The number of barbiturate groups is 1. The van der Waals surface area contributed by atoms with E-state index in [2.05, 4.69) is 0 Å². The van der Waals surface area contributed by atoms with Crippen LogP contribution in [-0.4, -0.2) is 22.8 Å². The summed E-state index contributed by atoms with van der Waals surface area (Å²) in [5.41, 5.74) is 0.282. The molecule has 2 aromatic rings. The molecule has 0 bridgehead atoms. The molecule has 0 aliphatic carbocycles. The van der Waals surface area contributed by atoms with Gasteiger partial charge in [-0.1, -0.05) is 0 Å². The maximum Gasteiger partial charge on any atom is 0.328 e. The third-order valence-corrected chi connectivity index (χ3v) is 3.22. The van der Waals surface area contributed by atoms with Gasteiger partial charge in [-0.25, -0.2) is 4.79 Å². The third-order valence-electron chi connectivity index (χ3n) is 3.22. The summed E-state index contributed by atoms with van der Waals surface area (Å²) in [5.74, 6) is -1.02. The van der Waals surface area contributed by atoms with Crippen molar-refractivity contribution >= 4 is 29.6 Å². The SMILES string of the molecule is O=C1NC(=O)C(=Cc2ccc(-c3ccc([N+](=O)[O-])cc3)o2)C(=O)N1. The predicted molar refractivity (Wildman–Crippen MR) is 80.5 cm³/mol. The van der Waals surface area contributed by atoms with Gasteiger partial charge in [-0.2, -0.15) is 0 Å². The summed E-state index contributed by atoms with van der Waals surface area (Å²) in [7, 11) is 0. The molecule has 9 nitrogen and oxygen atoms in total. The summed E-state index contributed by atoms with van der Waals surface area (Å²) in [4.78, 5) is 44.4. The first-order valence-electron chi connectivity index (χ1n) is 6.67. The average molecular weight is 327 g/mol.